The monoisotopic (exact) mass is 425 g/mol. The maximum atomic E-state index is 12.7. The fourth-order valence-electron chi connectivity index (χ4n) is 3.18. The Balaban J connectivity index is 2.04. The average Bonchev–Trinajstić information content (AvgIpc) is 2.71. The molecule has 0 unspecified atom stereocenters. The zero-order chi connectivity index (χ0) is 22.8. The van der Waals surface area contributed by atoms with Gasteiger partial charge in [0.2, 0.25) is 17.7 Å². The van der Waals surface area contributed by atoms with Gasteiger partial charge in [0.1, 0.15) is 24.4 Å². The van der Waals surface area contributed by atoms with Crippen molar-refractivity contribution in [1.82, 2.24) is 10.6 Å². The summed E-state index contributed by atoms with van der Waals surface area (Å²) in [7, 11) is 0. The van der Waals surface area contributed by atoms with Crippen LogP contribution in [0.4, 0.5) is 0 Å². The van der Waals surface area contributed by atoms with Gasteiger partial charge in [-0.2, -0.15) is 0 Å². The third kappa shape index (κ3) is 8.50. The molecule has 0 radical (unpaired) electrons. The Morgan fingerprint density at radius 3 is 2.23 bits per heavy atom. The van der Waals surface area contributed by atoms with Gasteiger partial charge in [0.25, 0.3) is 0 Å². The van der Waals surface area contributed by atoms with Gasteiger partial charge in [-0.3, -0.25) is 14.4 Å². The number of nitrogens with two attached hydrogens (primary N) is 1. The second kappa shape index (κ2) is 11.7. The van der Waals surface area contributed by atoms with Crippen molar-refractivity contribution in [2.24, 2.45) is 11.7 Å². The topological polar surface area (TPSA) is 111 Å². The van der Waals surface area contributed by atoms with Crippen molar-refractivity contribution in [3.8, 4) is 5.75 Å². The highest BCUT2D eigenvalue weighted by Crippen LogP contribution is 2.17. The van der Waals surface area contributed by atoms with Crippen LogP contribution in [0.15, 0.2) is 54.6 Å². The SMILES string of the molecule is CC(=O)N[C@@H](CC(C)C)C(=O)N[C@@H](Cc1cccc(OCc2ccccc2)c1)C(N)=O. The number of ether oxygens (including phenoxy) is 1. The molecule has 31 heavy (non-hydrogen) atoms. The first-order chi connectivity index (χ1) is 14.7. The molecule has 0 saturated carbocycles. The summed E-state index contributed by atoms with van der Waals surface area (Å²) in [6.07, 6.45) is 0.678. The van der Waals surface area contributed by atoms with Gasteiger partial charge in [-0.05, 0) is 35.6 Å². The molecule has 0 spiro atoms. The summed E-state index contributed by atoms with van der Waals surface area (Å²) in [5, 5.41) is 5.32. The molecule has 3 amide bonds. The standard InChI is InChI=1S/C24H31N3O4/c1-16(2)12-22(26-17(3)28)24(30)27-21(23(25)29)14-19-10-7-11-20(13-19)31-15-18-8-5-4-6-9-18/h4-11,13,16,21-22H,12,14-15H2,1-3H3,(H2,25,29)(H,26,28)(H,27,30)/t21-,22-/m0/s1. The second-order valence-electron chi connectivity index (χ2n) is 7.97. The van der Waals surface area contributed by atoms with Crippen molar-refractivity contribution in [1.29, 1.82) is 0 Å². The van der Waals surface area contributed by atoms with Gasteiger partial charge >= 0.3 is 0 Å². The number of carbonyl (C=O) groups excluding carboxylic acids is 3. The Kier molecular flexibility index (Phi) is 9.06. The summed E-state index contributed by atoms with van der Waals surface area (Å²) < 4.78 is 5.83. The zero-order valence-electron chi connectivity index (χ0n) is 18.3. The van der Waals surface area contributed by atoms with Crippen LogP contribution in [0.25, 0.3) is 0 Å². The number of hydrogen-bond acceptors (Lipinski definition) is 4. The molecule has 0 saturated heterocycles. The summed E-state index contributed by atoms with van der Waals surface area (Å²) >= 11 is 0. The molecular weight excluding hydrogens is 394 g/mol. The average molecular weight is 426 g/mol. The highest BCUT2D eigenvalue weighted by molar-refractivity contribution is 5.91. The van der Waals surface area contributed by atoms with Crippen LogP contribution >= 0.6 is 0 Å². The second-order valence-corrected chi connectivity index (χ2v) is 7.97. The minimum absolute atomic E-state index is 0.188. The van der Waals surface area contributed by atoms with E-state index in [9.17, 15) is 14.4 Å². The van der Waals surface area contributed by atoms with Crippen LogP contribution in [-0.4, -0.2) is 29.8 Å². The van der Waals surface area contributed by atoms with Gasteiger partial charge in [-0.15, -0.1) is 0 Å². The summed E-state index contributed by atoms with van der Waals surface area (Å²) in [4.78, 5) is 36.1. The minimum Gasteiger partial charge on any atom is -0.489 e. The summed E-state index contributed by atoms with van der Waals surface area (Å²) in [6, 6.07) is 15.5. The number of nitrogens with one attached hydrogen (secondary N) is 2. The Morgan fingerprint density at radius 1 is 0.935 bits per heavy atom. The smallest absolute Gasteiger partial charge is 0.243 e. The number of amides is 3. The number of hydrogen-bond donors (Lipinski definition) is 3. The normalized spacial score (nSPS) is 12.6. The molecule has 4 N–H and O–H groups in total. The number of benzene rings is 2. The Bertz CT molecular complexity index is 883. The predicted molar refractivity (Wildman–Crippen MR) is 119 cm³/mol. The van der Waals surface area contributed by atoms with Crippen LogP contribution in [0.2, 0.25) is 0 Å². The molecule has 0 aromatic heterocycles. The fraction of sp³-hybridized carbons (Fsp3) is 0.375. The summed E-state index contributed by atoms with van der Waals surface area (Å²) in [5.74, 6) is -0.529. The Morgan fingerprint density at radius 2 is 1.61 bits per heavy atom. The van der Waals surface area contributed by atoms with Crippen LogP contribution in [0.3, 0.4) is 0 Å². The van der Waals surface area contributed by atoms with Crippen molar-refractivity contribution in [2.75, 3.05) is 0 Å². The van der Waals surface area contributed by atoms with E-state index in [2.05, 4.69) is 10.6 Å². The molecule has 7 heteroatoms. The van der Waals surface area contributed by atoms with Gasteiger partial charge < -0.3 is 21.1 Å². The Labute approximate surface area is 183 Å². The Hall–Kier alpha value is -3.35. The van der Waals surface area contributed by atoms with Gasteiger partial charge in [0, 0.05) is 13.3 Å². The first-order valence-corrected chi connectivity index (χ1v) is 10.4. The highest BCUT2D eigenvalue weighted by atomic mass is 16.5. The first kappa shape index (κ1) is 23.9. The van der Waals surface area contributed by atoms with Crippen LogP contribution in [0.1, 0.15) is 38.3 Å². The van der Waals surface area contributed by atoms with Crippen LogP contribution < -0.4 is 21.1 Å². The lowest BCUT2D eigenvalue weighted by atomic mass is 10.0. The van der Waals surface area contributed by atoms with E-state index in [0.717, 1.165) is 11.1 Å². The molecule has 0 bridgehead atoms. The molecule has 0 heterocycles. The van der Waals surface area contributed by atoms with Gasteiger partial charge in [0.15, 0.2) is 0 Å². The van der Waals surface area contributed by atoms with Crippen molar-refractivity contribution in [3.05, 3.63) is 65.7 Å². The molecule has 0 aliphatic heterocycles. The largest absolute Gasteiger partial charge is 0.489 e. The lowest BCUT2D eigenvalue weighted by Gasteiger charge is -2.23. The van der Waals surface area contributed by atoms with E-state index in [4.69, 9.17) is 10.5 Å². The van der Waals surface area contributed by atoms with E-state index in [1.807, 2.05) is 68.4 Å². The fourth-order valence-corrected chi connectivity index (χ4v) is 3.18. The molecule has 2 aromatic rings. The van der Waals surface area contributed by atoms with Gasteiger partial charge in [-0.25, -0.2) is 0 Å². The predicted octanol–water partition coefficient (Wildman–Crippen LogP) is 2.33. The lowest BCUT2D eigenvalue weighted by Crippen LogP contribution is -2.53. The summed E-state index contributed by atoms with van der Waals surface area (Å²) in [6.45, 7) is 5.68. The van der Waals surface area contributed by atoms with Crippen molar-refractivity contribution in [2.45, 2.75) is 52.3 Å². The van der Waals surface area contributed by atoms with E-state index in [-0.39, 0.29) is 18.2 Å². The van der Waals surface area contributed by atoms with Crippen molar-refractivity contribution < 1.29 is 19.1 Å². The molecular formula is C24H31N3O4. The maximum absolute atomic E-state index is 12.7. The van der Waals surface area contributed by atoms with Gasteiger partial charge in [0.05, 0.1) is 0 Å². The van der Waals surface area contributed by atoms with E-state index in [1.54, 1.807) is 0 Å². The lowest BCUT2D eigenvalue weighted by molar-refractivity contribution is -0.131. The first-order valence-electron chi connectivity index (χ1n) is 10.4. The number of carbonyl (C=O) groups is 3. The van der Waals surface area contributed by atoms with Crippen molar-refractivity contribution in [3.63, 3.8) is 0 Å². The highest BCUT2D eigenvalue weighted by Gasteiger charge is 2.25. The molecule has 7 nitrogen and oxygen atoms in total. The van der Waals surface area contributed by atoms with Crippen LogP contribution in [-0.2, 0) is 27.4 Å². The molecule has 166 valence electrons. The van der Waals surface area contributed by atoms with E-state index in [1.165, 1.54) is 6.92 Å². The number of rotatable bonds is 11. The van der Waals surface area contributed by atoms with Gasteiger partial charge in [-0.1, -0.05) is 56.3 Å². The summed E-state index contributed by atoms with van der Waals surface area (Å²) in [5.41, 5.74) is 7.38. The zero-order valence-corrected chi connectivity index (χ0v) is 18.3. The molecule has 2 rings (SSSR count). The minimum atomic E-state index is -0.903. The maximum Gasteiger partial charge on any atom is 0.243 e. The van der Waals surface area contributed by atoms with E-state index < -0.39 is 23.9 Å². The molecule has 0 fully saturated rings. The molecule has 0 aliphatic carbocycles. The third-order valence-electron chi connectivity index (χ3n) is 4.65. The number of primary amides is 1. The van der Waals surface area contributed by atoms with Crippen LogP contribution in [0, 0.1) is 5.92 Å². The van der Waals surface area contributed by atoms with E-state index >= 15 is 0 Å². The van der Waals surface area contributed by atoms with Crippen molar-refractivity contribution >= 4 is 17.7 Å². The molecule has 2 atom stereocenters. The van der Waals surface area contributed by atoms with Crippen LogP contribution in [0.5, 0.6) is 5.75 Å². The quantitative estimate of drug-likeness (QED) is 0.513. The molecule has 2 aromatic carbocycles. The van der Waals surface area contributed by atoms with E-state index in [0.29, 0.717) is 18.8 Å². The molecule has 0 aliphatic rings. The third-order valence-corrected chi connectivity index (χ3v) is 4.65.